The summed E-state index contributed by atoms with van der Waals surface area (Å²) >= 11 is 0. The standard InChI is InChI=1S/C16H21N3/c1-4-19(14-7-5-12(2)6-8-14)15-9-10-16(13(3)17)18-11-15/h5-11,13H,4,17H2,1-3H3/t13-/m1/s1. The Morgan fingerprint density at radius 1 is 1.11 bits per heavy atom. The van der Waals surface area contributed by atoms with Gasteiger partial charge in [-0.25, -0.2) is 0 Å². The van der Waals surface area contributed by atoms with Gasteiger partial charge in [0.2, 0.25) is 0 Å². The third kappa shape index (κ3) is 3.12. The minimum atomic E-state index is -0.0245. The first-order valence-corrected chi connectivity index (χ1v) is 6.67. The Morgan fingerprint density at radius 2 is 1.74 bits per heavy atom. The maximum atomic E-state index is 5.82. The molecule has 1 heterocycles. The lowest BCUT2D eigenvalue weighted by molar-refractivity contribution is 0.780. The number of aromatic nitrogens is 1. The molecular weight excluding hydrogens is 234 g/mol. The summed E-state index contributed by atoms with van der Waals surface area (Å²) in [5.41, 5.74) is 10.3. The van der Waals surface area contributed by atoms with Gasteiger partial charge in [0.15, 0.2) is 0 Å². The van der Waals surface area contributed by atoms with Gasteiger partial charge in [-0.15, -0.1) is 0 Å². The molecule has 1 aromatic heterocycles. The molecule has 3 nitrogen and oxygen atoms in total. The Hall–Kier alpha value is -1.87. The normalized spacial score (nSPS) is 12.2. The van der Waals surface area contributed by atoms with Gasteiger partial charge in [-0.3, -0.25) is 4.98 Å². The molecule has 1 aromatic carbocycles. The SMILES string of the molecule is CCN(c1ccc(C)cc1)c1ccc([C@@H](C)N)nc1. The Labute approximate surface area is 115 Å². The van der Waals surface area contributed by atoms with Crippen molar-refractivity contribution in [3.05, 3.63) is 53.9 Å². The van der Waals surface area contributed by atoms with Gasteiger partial charge in [0.25, 0.3) is 0 Å². The van der Waals surface area contributed by atoms with Gasteiger partial charge in [-0.2, -0.15) is 0 Å². The molecular formula is C16H21N3. The zero-order valence-electron chi connectivity index (χ0n) is 11.8. The van der Waals surface area contributed by atoms with E-state index in [0.29, 0.717) is 0 Å². The summed E-state index contributed by atoms with van der Waals surface area (Å²) in [4.78, 5) is 6.66. The summed E-state index contributed by atoms with van der Waals surface area (Å²) in [6.45, 7) is 7.08. The van der Waals surface area contributed by atoms with Crippen molar-refractivity contribution < 1.29 is 0 Å². The third-order valence-corrected chi connectivity index (χ3v) is 3.21. The van der Waals surface area contributed by atoms with Crippen LogP contribution in [-0.4, -0.2) is 11.5 Å². The van der Waals surface area contributed by atoms with Crippen molar-refractivity contribution in [1.82, 2.24) is 4.98 Å². The highest BCUT2D eigenvalue weighted by Crippen LogP contribution is 2.25. The highest BCUT2D eigenvalue weighted by molar-refractivity contribution is 5.62. The summed E-state index contributed by atoms with van der Waals surface area (Å²) in [6.07, 6.45) is 1.89. The van der Waals surface area contributed by atoms with Crippen LogP contribution in [0.4, 0.5) is 11.4 Å². The van der Waals surface area contributed by atoms with E-state index in [0.717, 1.165) is 17.9 Å². The molecule has 0 saturated heterocycles. The fraction of sp³-hybridized carbons (Fsp3) is 0.312. The number of benzene rings is 1. The number of nitrogens with two attached hydrogens (primary N) is 1. The van der Waals surface area contributed by atoms with Crippen LogP contribution < -0.4 is 10.6 Å². The van der Waals surface area contributed by atoms with Crippen LogP contribution in [0.5, 0.6) is 0 Å². The zero-order valence-corrected chi connectivity index (χ0v) is 11.8. The van der Waals surface area contributed by atoms with E-state index in [1.54, 1.807) is 0 Å². The van der Waals surface area contributed by atoms with E-state index in [2.05, 4.69) is 54.1 Å². The van der Waals surface area contributed by atoms with Crippen LogP contribution in [0.3, 0.4) is 0 Å². The van der Waals surface area contributed by atoms with Gasteiger partial charge in [0.1, 0.15) is 0 Å². The molecule has 0 bridgehead atoms. The third-order valence-electron chi connectivity index (χ3n) is 3.21. The van der Waals surface area contributed by atoms with Crippen LogP contribution in [0.25, 0.3) is 0 Å². The zero-order chi connectivity index (χ0) is 13.8. The highest BCUT2D eigenvalue weighted by atomic mass is 15.1. The number of aryl methyl sites for hydroxylation is 1. The summed E-state index contributed by atoms with van der Waals surface area (Å²) in [5, 5.41) is 0. The number of rotatable bonds is 4. The molecule has 0 saturated carbocycles. The van der Waals surface area contributed by atoms with E-state index >= 15 is 0 Å². The molecule has 2 N–H and O–H groups in total. The number of hydrogen-bond donors (Lipinski definition) is 1. The quantitative estimate of drug-likeness (QED) is 0.908. The summed E-state index contributed by atoms with van der Waals surface area (Å²) in [5.74, 6) is 0. The van der Waals surface area contributed by atoms with Gasteiger partial charge < -0.3 is 10.6 Å². The summed E-state index contributed by atoms with van der Waals surface area (Å²) in [6, 6.07) is 12.6. The minimum absolute atomic E-state index is 0.0245. The molecule has 0 amide bonds. The predicted molar refractivity (Wildman–Crippen MR) is 80.7 cm³/mol. The fourth-order valence-corrected chi connectivity index (χ4v) is 2.07. The van der Waals surface area contributed by atoms with E-state index < -0.39 is 0 Å². The minimum Gasteiger partial charge on any atom is -0.341 e. The summed E-state index contributed by atoms with van der Waals surface area (Å²) < 4.78 is 0. The van der Waals surface area contributed by atoms with Gasteiger partial charge >= 0.3 is 0 Å². The first-order chi connectivity index (χ1) is 9.11. The predicted octanol–water partition coefficient (Wildman–Crippen LogP) is 3.57. The number of nitrogens with zero attached hydrogens (tertiary/aromatic N) is 2. The topological polar surface area (TPSA) is 42.1 Å². The van der Waals surface area contributed by atoms with Gasteiger partial charge in [-0.1, -0.05) is 17.7 Å². The second-order valence-corrected chi connectivity index (χ2v) is 4.81. The van der Waals surface area contributed by atoms with Gasteiger partial charge in [0, 0.05) is 18.3 Å². The van der Waals surface area contributed by atoms with E-state index in [9.17, 15) is 0 Å². The smallest absolute Gasteiger partial charge is 0.0597 e. The van der Waals surface area contributed by atoms with Gasteiger partial charge in [0.05, 0.1) is 17.6 Å². The van der Waals surface area contributed by atoms with Crippen LogP contribution >= 0.6 is 0 Å². The van der Waals surface area contributed by atoms with E-state index in [-0.39, 0.29) is 6.04 Å². The molecule has 0 aliphatic carbocycles. The molecule has 0 radical (unpaired) electrons. The highest BCUT2D eigenvalue weighted by Gasteiger charge is 2.08. The molecule has 19 heavy (non-hydrogen) atoms. The molecule has 0 aliphatic heterocycles. The molecule has 1 atom stereocenters. The molecule has 100 valence electrons. The average Bonchev–Trinajstić information content (AvgIpc) is 2.42. The number of anilines is 2. The number of hydrogen-bond acceptors (Lipinski definition) is 3. The largest absolute Gasteiger partial charge is 0.341 e. The van der Waals surface area contributed by atoms with Crippen molar-refractivity contribution in [3.8, 4) is 0 Å². The first kappa shape index (κ1) is 13.6. The lowest BCUT2D eigenvalue weighted by atomic mass is 10.2. The molecule has 0 spiro atoms. The first-order valence-electron chi connectivity index (χ1n) is 6.67. The lowest BCUT2D eigenvalue weighted by Crippen LogP contribution is -2.16. The second-order valence-electron chi connectivity index (χ2n) is 4.81. The fourth-order valence-electron chi connectivity index (χ4n) is 2.07. The maximum absolute atomic E-state index is 5.82. The van der Waals surface area contributed by atoms with Crippen molar-refractivity contribution >= 4 is 11.4 Å². The molecule has 0 unspecified atom stereocenters. The molecule has 2 aromatic rings. The van der Waals surface area contributed by atoms with Crippen molar-refractivity contribution in [3.63, 3.8) is 0 Å². The lowest BCUT2D eigenvalue weighted by Gasteiger charge is -2.23. The molecule has 2 rings (SSSR count). The van der Waals surface area contributed by atoms with E-state index in [1.807, 2.05) is 19.2 Å². The van der Waals surface area contributed by atoms with Crippen LogP contribution in [0, 0.1) is 6.92 Å². The maximum Gasteiger partial charge on any atom is 0.0597 e. The van der Waals surface area contributed by atoms with Crippen LogP contribution in [0.1, 0.15) is 31.1 Å². The number of pyridine rings is 1. The molecule has 3 heteroatoms. The van der Waals surface area contributed by atoms with Crippen molar-refractivity contribution in [2.45, 2.75) is 26.8 Å². The second kappa shape index (κ2) is 5.85. The van der Waals surface area contributed by atoms with Crippen LogP contribution in [-0.2, 0) is 0 Å². The molecule has 0 fully saturated rings. The van der Waals surface area contributed by atoms with Crippen LogP contribution in [0.15, 0.2) is 42.6 Å². The van der Waals surface area contributed by atoms with Crippen molar-refractivity contribution in [2.24, 2.45) is 5.73 Å². The van der Waals surface area contributed by atoms with Crippen molar-refractivity contribution in [2.75, 3.05) is 11.4 Å². The summed E-state index contributed by atoms with van der Waals surface area (Å²) in [7, 11) is 0. The monoisotopic (exact) mass is 255 g/mol. The Bertz CT molecular complexity index is 515. The van der Waals surface area contributed by atoms with Crippen molar-refractivity contribution in [1.29, 1.82) is 0 Å². The Balaban J connectivity index is 2.28. The van der Waals surface area contributed by atoms with E-state index in [1.165, 1.54) is 11.3 Å². The van der Waals surface area contributed by atoms with Gasteiger partial charge in [-0.05, 0) is 45.0 Å². The van der Waals surface area contributed by atoms with Crippen LogP contribution in [0.2, 0.25) is 0 Å². The Kier molecular flexibility index (Phi) is 4.17. The average molecular weight is 255 g/mol. The molecule has 0 aliphatic rings. The Morgan fingerprint density at radius 3 is 2.21 bits per heavy atom. The van der Waals surface area contributed by atoms with E-state index in [4.69, 9.17) is 5.73 Å².